The van der Waals surface area contributed by atoms with Crippen molar-refractivity contribution in [2.45, 2.75) is 0 Å². The zero-order valence-electron chi connectivity index (χ0n) is 8.97. The van der Waals surface area contributed by atoms with Gasteiger partial charge in [0.05, 0.1) is 7.11 Å². The van der Waals surface area contributed by atoms with Crippen LogP contribution in [0.1, 0.15) is 0 Å². The second-order valence-electron chi connectivity index (χ2n) is 3.51. The zero-order valence-corrected chi connectivity index (χ0v) is 8.97. The van der Waals surface area contributed by atoms with E-state index in [2.05, 4.69) is 0 Å². The van der Waals surface area contributed by atoms with Crippen molar-refractivity contribution >= 4 is 5.69 Å². The molecule has 2 rings (SSSR count). The summed E-state index contributed by atoms with van der Waals surface area (Å²) in [5.41, 5.74) is 8.28. The molecule has 0 unspecified atom stereocenters. The third-order valence-electron chi connectivity index (χ3n) is 2.40. The number of hydrogen-bond donors (Lipinski definition) is 2. The van der Waals surface area contributed by atoms with Crippen LogP contribution in [0.5, 0.6) is 11.5 Å². The van der Waals surface area contributed by atoms with Gasteiger partial charge in [-0.3, -0.25) is 0 Å². The zero-order chi connectivity index (χ0) is 11.5. The van der Waals surface area contributed by atoms with E-state index >= 15 is 0 Å². The number of phenolic OH excluding ortho intramolecular Hbond substituents is 1. The van der Waals surface area contributed by atoms with Crippen molar-refractivity contribution in [1.82, 2.24) is 0 Å². The average molecular weight is 215 g/mol. The van der Waals surface area contributed by atoms with Crippen LogP contribution in [0.3, 0.4) is 0 Å². The second-order valence-corrected chi connectivity index (χ2v) is 3.51. The van der Waals surface area contributed by atoms with E-state index in [1.54, 1.807) is 12.1 Å². The molecule has 16 heavy (non-hydrogen) atoms. The lowest BCUT2D eigenvalue weighted by Crippen LogP contribution is -1.86. The Morgan fingerprint density at radius 1 is 1.06 bits per heavy atom. The molecule has 0 aliphatic rings. The van der Waals surface area contributed by atoms with Crippen LogP contribution in [-0.4, -0.2) is 12.2 Å². The fourth-order valence-electron chi connectivity index (χ4n) is 1.59. The molecule has 0 spiro atoms. The molecule has 82 valence electrons. The van der Waals surface area contributed by atoms with E-state index in [4.69, 9.17) is 10.5 Å². The minimum atomic E-state index is 0.127. The molecular formula is C13H13NO2. The number of hydrogen-bond acceptors (Lipinski definition) is 3. The average Bonchev–Trinajstić information content (AvgIpc) is 2.29. The molecule has 3 heteroatoms. The van der Waals surface area contributed by atoms with Crippen LogP contribution >= 0.6 is 0 Å². The summed E-state index contributed by atoms with van der Waals surface area (Å²) in [6.45, 7) is 0. The summed E-state index contributed by atoms with van der Waals surface area (Å²) in [6.07, 6.45) is 0. The van der Waals surface area contributed by atoms with Gasteiger partial charge >= 0.3 is 0 Å². The van der Waals surface area contributed by atoms with Gasteiger partial charge in [0.2, 0.25) is 0 Å². The van der Waals surface area contributed by atoms with Crippen molar-refractivity contribution in [3.05, 3.63) is 42.5 Å². The Labute approximate surface area is 94.1 Å². The number of nitrogens with two attached hydrogens (primary N) is 1. The number of rotatable bonds is 2. The van der Waals surface area contributed by atoms with Gasteiger partial charge in [0.15, 0.2) is 11.5 Å². The predicted molar refractivity (Wildman–Crippen MR) is 64.5 cm³/mol. The lowest BCUT2D eigenvalue weighted by Gasteiger charge is -2.06. The first-order valence-corrected chi connectivity index (χ1v) is 4.93. The summed E-state index contributed by atoms with van der Waals surface area (Å²) >= 11 is 0. The Hall–Kier alpha value is -2.16. The molecule has 0 heterocycles. The van der Waals surface area contributed by atoms with Gasteiger partial charge in [-0.1, -0.05) is 18.2 Å². The highest BCUT2D eigenvalue weighted by atomic mass is 16.5. The first-order valence-electron chi connectivity index (χ1n) is 4.93. The number of phenols is 1. The minimum absolute atomic E-state index is 0.127. The van der Waals surface area contributed by atoms with Gasteiger partial charge in [-0.15, -0.1) is 0 Å². The first kappa shape index (κ1) is 10.4. The van der Waals surface area contributed by atoms with Gasteiger partial charge in [0, 0.05) is 5.69 Å². The minimum Gasteiger partial charge on any atom is -0.504 e. The lowest BCUT2D eigenvalue weighted by molar-refractivity contribution is 0.373. The Morgan fingerprint density at radius 3 is 2.44 bits per heavy atom. The Kier molecular flexibility index (Phi) is 2.68. The van der Waals surface area contributed by atoms with E-state index in [0.29, 0.717) is 11.4 Å². The highest BCUT2D eigenvalue weighted by Gasteiger charge is 2.04. The van der Waals surface area contributed by atoms with Gasteiger partial charge < -0.3 is 15.6 Å². The lowest BCUT2D eigenvalue weighted by atomic mass is 10.0. The van der Waals surface area contributed by atoms with E-state index in [9.17, 15) is 5.11 Å². The summed E-state index contributed by atoms with van der Waals surface area (Å²) in [5, 5.41) is 9.67. The van der Waals surface area contributed by atoms with E-state index in [1.165, 1.54) is 7.11 Å². The van der Waals surface area contributed by atoms with Crippen molar-refractivity contribution in [3.63, 3.8) is 0 Å². The molecule has 0 saturated heterocycles. The topological polar surface area (TPSA) is 55.5 Å². The second kappa shape index (κ2) is 4.14. The third-order valence-corrected chi connectivity index (χ3v) is 2.40. The number of methoxy groups -OCH3 is 1. The molecule has 2 aromatic rings. The summed E-state index contributed by atoms with van der Waals surface area (Å²) in [4.78, 5) is 0. The SMILES string of the molecule is COc1ccc(-c2cccc(N)c2)cc1O. The standard InChI is InChI=1S/C13H13NO2/c1-16-13-6-5-10(8-12(13)15)9-3-2-4-11(14)7-9/h2-8,15H,14H2,1H3. The van der Waals surface area contributed by atoms with Gasteiger partial charge in [-0.2, -0.15) is 0 Å². The fourth-order valence-corrected chi connectivity index (χ4v) is 1.59. The summed E-state index contributed by atoms with van der Waals surface area (Å²) in [7, 11) is 1.52. The van der Waals surface area contributed by atoms with Crippen molar-refractivity contribution < 1.29 is 9.84 Å². The predicted octanol–water partition coefficient (Wildman–Crippen LogP) is 2.65. The molecule has 0 fully saturated rings. The maximum atomic E-state index is 9.67. The molecule has 0 saturated carbocycles. The van der Waals surface area contributed by atoms with Crippen LogP contribution in [0.25, 0.3) is 11.1 Å². The summed E-state index contributed by atoms with van der Waals surface area (Å²) in [5.74, 6) is 0.593. The van der Waals surface area contributed by atoms with Gasteiger partial charge in [0.25, 0.3) is 0 Å². The Morgan fingerprint density at radius 2 is 1.81 bits per heavy atom. The first-order chi connectivity index (χ1) is 7.70. The molecule has 0 aromatic heterocycles. The van der Waals surface area contributed by atoms with Crippen molar-refractivity contribution in [1.29, 1.82) is 0 Å². The quantitative estimate of drug-likeness (QED) is 0.757. The summed E-state index contributed by atoms with van der Waals surface area (Å²) < 4.78 is 4.98. The molecule has 0 aliphatic carbocycles. The summed E-state index contributed by atoms with van der Waals surface area (Å²) in [6, 6.07) is 12.8. The van der Waals surface area contributed by atoms with E-state index in [-0.39, 0.29) is 5.75 Å². The van der Waals surface area contributed by atoms with Crippen LogP contribution in [0.15, 0.2) is 42.5 Å². The number of aromatic hydroxyl groups is 1. The maximum Gasteiger partial charge on any atom is 0.160 e. The fraction of sp³-hybridized carbons (Fsp3) is 0.0769. The van der Waals surface area contributed by atoms with Crippen molar-refractivity contribution in [3.8, 4) is 22.6 Å². The normalized spacial score (nSPS) is 10.1. The number of anilines is 1. The van der Waals surface area contributed by atoms with Gasteiger partial charge in [0.1, 0.15) is 0 Å². The highest BCUT2D eigenvalue weighted by molar-refractivity contribution is 5.69. The molecule has 0 amide bonds. The van der Waals surface area contributed by atoms with Crippen molar-refractivity contribution in [2.75, 3.05) is 12.8 Å². The maximum absolute atomic E-state index is 9.67. The number of benzene rings is 2. The van der Waals surface area contributed by atoms with Gasteiger partial charge in [-0.25, -0.2) is 0 Å². The van der Waals surface area contributed by atoms with Crippen molar-refractivity contribution in [2.24, 2.45) is 0 Å². The molecule has 3 N–H and O–H groups in total. The largest absolute Gasteiger partial charge is 0.504 e. The van der Waals surface area contributed by atoms with Gasteiger partial charge in [-0.05, 0) is 35.4 Å². The smallest absolute Gasteiger partial charge is 0.160 e. The molecule has 2 aromatic carbocycles. The molecule has 0 radical (unpaired) electrons. The monoisotopic (exact) mass is 215 g/mol. The number of nitrogen functional groups attached to an aromatic ring is 1. The molecule has 3 nitrogen and oxygen atoms in total. The third kappa shape index (κ3) is 1.93. The van der Waals surface area contributed by atoms with Crippen LogP contribution in [0.2, 0.25) is 0 Å². The Bertz CT molecular complexity index is 509. The molecule has 0 aliphatic heterocycles. The molecular weight excluding hydrogens is 202 g/mol. The van der Waals surface area contributed by atoms with E-state index in [1.807, 2.05) is 30.3 Å². The van der Waals surface area contributed by atoms with Crippen LogP contribution in [0, 0.1) is 0 Å². The van der Waals surface area contributed by atoms with Crippen LogP contribution in [0.4, 0.5) is 5.69 Å². The van der Waals surface area contributed by atoms with E-state index < -0.39 is 0 Å². The van der Waals surface area contributed by atoms with Crippen LogP contribution in [-0.2, 0) is 0 Å². The van der Waals surface area contributed by atoms with Crippen LogP contribution < -0.4 is 10.5 Å². The molecule has 0 atom stereocenters. The highest BCUT2D eigenvalue weighted by Crippen LogP contribution is 2.31. The van der Waals surface area contributed by atoms with E-state index in [0.717, 1.165) is 11.1 Å². The molecule has 0 bridgehead atoms. The Balaban J connectivity index is 2.45. The number of ether oxygens (including phenoxy) is 1.